The topological polar surface area (TPSA) is 73.9 Å². The van der Waals surface area contributed by atoms with E-state index >= 15 is 0 Å². The molecule has 20 heavy (non-hydrogen) atoms. The second-order valence-electron chi connectivity index (χ2n) is 5.00. The van der Waals surface area contributed by atoms with Gasteiger partial charge in [0.1, 0.15) is 6.04 Å². The zero-order chi connectivity index (χ0) is 14.9. The Bertz CT molecular complexity index is 487. The van der Waals surface area contributed by atoms with Gasteiger partial charge in [-0.1, -0.05) is 0 Å². The lowest BCUT2D eigenvalue weighted by Crippen LogP contribution is -2.54. The second-order valence-corrected chi connectivity index (χ2v) is 5.00. The Balaban J connectivity index is 1.94. The summed E-state index contributed by atoms with van der Waals surface area (Å²) in [4.78, 5) is 13.1. The number of nitrogens with zero attached hydrogens (tertiary/aromatic N) is 3. The summed E-state index contributed by atoms with van der Waals surface area (Å²) >= 11 is 0. The van der Waals surface area contributed by atoms with Crippen LogP contribution < -0.4 is 5.32 Å². The van der Waals surface area contributed by atoms with Crippen LogP contribution in [-0.4, -0.2) is 58.1 Å². The van der Waals surface area contributed by atoms with Crippen LogP contribution in [0.1, 0.15) is 29.0 Å². The fourth-order valence-corrected chi connectivity index (χ4v) is 2.43. The first-order valence-corrected chi connectivity index (χ1v) is 6.24. The smallest absolute Gasteiger partial charge is 0.347 e. The summed E-state index contributed by atoms with van der Waals surface area (Å²) in [6.45, 7) is 1.79. The number of aromatic nitrogens is 3. The third-order valence-corrected chi connectivity index (χ3v) is 3.48. The number of H-pyrrole nitrogens is 1. The average molecular weight is 291 g/mol. The van der Waals surface area contributed by atoms with Gasteiger partial charge in [0.25, 0.3) is 5.91 Å². The van der Waals surface area contributed by atoms with E-state index in [0.717, 1.165) is 0 Å². The molecule has 0 aromatic carbocycles. The molecule has 2 rings (SSSR count). The maximum Gasteiger partial charge on any atom is 0.404 e. The van der Waals surface area contributed by atoms with Crippen molar-refractivity contribution in [2.45, 2.75) is 38.0 Å². The SMILES string of the molecule is Cc1n[nH]nc1C(=O)NC1CCC(C(F)(F)F)N(C)C1. The molecule has 2 unspecified atom stereocenters. The van der Waals surface area contributed by atoms with E-state index in [2.05, 4.69) is 20.7 Å². The van der Waals surface area contributed by atoms with Crippen LogP contribution in [0.3, 0.4) is 0 Å². The molecule has 6 nitrogen and oxygen atoms in total. The predicted octanol–water partition coefficient (Wildman–Crippen LogP) is 0.868. The predicted molar refractivity (Wildman–Crippen MR) is 64.1 cm³/mol. The molecule has 0 saturated carbocycles. The molecule has 2 N–H and O–H groups in total. The van der Waals surface area contributed by atoms with E-state index in [-0.39, 0.29) is 31.1 Å². The number of aryl methyl sites for hydroxylation is 1. The van der Waals surface area contributed by atoms with E-state index in [1.54, 1.807) is 6.92 Å². The van der Waals surface area contributed by atoms with Crippen LogP contribution in [0.5, 0.6) is 0 Å². The van der Waals surface area contributed by atoms with Crippen LogP contribution in [0.15, 0.2) is 0 Å². The van der Waals surface area contributed by atoms with Crippen molar-refractivity contribution < 1.29 is 18.0 Å². The molecule has 1 aliphatic rings. The Morgan fingerprint density at radius 2 is 2.10 bits per heavy atom. The minimum Gasteiger partial charge on any atom is -0.347 e. The number of hydrogen-bond donors (Lipinski definition) is 2. The van der Waals surface area contributed by atoms with E-state index in [0.29, 0.717) is 5.69 Å². The maximum atomic E-state index is 12.7. The Labute approximate surface area is 113 Å². The number of alkyl halides is 3. The first-order chi connectivity index (χ1) is 9.29. The molecule has 1 aliphatic heterocycles. The molecule has 0 radical (unpaired) electrons. The molecular formula is C11H16F3N5O. The number of likely N-dealkylation sites (N-methyl/N-ethyl adjacent to an activating group) is 1. The van der Waals surface area contributed by atoms with Crippen LogP contribution in [0.2, 0.25) is 0 Å². The van der Waals surface area contributed by atoms with Gasteiger partial charge in [-0.25, -0.2) is 0 Å². The third-order valence-electron chi connectivity index (χ3n) is 3.48. The van der Waals surface area contributed by atoms with E-state index < -0.39 is 18.1 Å². The van der Waals surface area contributed by atoms with Crippen molar-refractivity contribution in [3.8, 4) is 0 Å². The molecular weight excluding hydrogens is 275 g/mol. The zero-order valence-corrected chi connectivity index (χ0v) is 11.2. The molecule has 1 amide bonds. The largest absolute Gasteiger partial charge is 0.404 e. The van der Waals surface area contributed by atoms with Crippen molar-refractivity contribution in [1.82, 2.24) is 25.6 Å². The fraction of sp³-hybridized carbons (Fsp3) is 0.727. The number of likely N-dealkylation sites (tertiary alicyclic amines) is 1. The Hall–Kier alpha value is -1.64. The summed E-state index contributed by atoms with van der Waals surface area (Å²) in [6.07, 6.45) is -3.97. The number of hydrogen-bond acceptors (Lipinski definition) is 4. The number of carbonyl (C=O) groups excluding carboxylic acids is 1. The van der Waals surface area contributed by atoms with Crippen molar-refractivity contribution >= 4 is 5.91 Å². The van der Waals surface area contributed by atoms with E-state index in [1.807, 2.05) is 0 Å². The monoisotopic (exact) mass is 291 g/mol. The Morgan fingerprint density at radius 1 is 1.40 bits per heavy atom. The number of halogens is 3. The van der Waals surface area contributed by atoms with Crippen molar-refractivity contribution in [2.24, 2.45) is 0 Å². The summed E-state index contributed by atoms with van der Waals surface area (Å²) in [5.74, 6) is -0.417. The average Bonchev–Trinajstić information content (AvgIpc) is 2.73. The van der Waals surface area contributed by atoms with Crippen LogP contribution in [0.25, 0.3) is 0 Å². The zero-order valence-electron chi connectivity index (χ0n) is 11.2. The third kappa shape index (κ3) is 3.09. The van der Waals surface area contributed by atoms with Gasteiger partial charge in [0.05, 0.1) is 5.69 Å². The highest BCUT2D eigenvalue weighted by atomic mass is 19.4. The van der Waals surface area contributed by atoms with Gasteiger partial charge < -0.3 is 5.32 Å². The number of piperidine rings is 1. The molecule has 1 aromatic heterocycles. The van der Waals surface area contributed by atoms with Crippen molar-refractivity contribution in [2.75, 3.05) is 13.6 Å². The molecule has 0 spiro atoms. The van der Waals surface area contributed by atoms with Gasteiger partial charge in [0.2, 0.25) is 0 Å². The molecule has 2 atom stereocenters. The van der Waals surface area contributed by atoms with Gasteiger partial charge in [-0.3, -0.25) is 9.69 Å². The fourth-order valence-electron chi connectivity index (χ4n) is 2.43. The van der Waals surface area contributed by atoms with Crippen LogP contribution >= 0.6 is 0 Å². The number of aromatic amines is 1. The quantitative estimate of drug-likeness (QED) is 0.848. The molecule has 0 aliphatic carbocycles. The highest BCUT2D eigenvalue weighted by Crippen LogP contribution is 2.30. The van der Waals surface area contributed by atoms with Gasteiger partial charge in [-0.15, -0.1) is 0 Å². The molecule has 112 valence electrons. The summed E-state index contributed by atoms with van der Waals surface area (Å²) in [7, 11) is 1.41. The normalized spacial score (nSPS) is 24.6. The van der Waals surface area contributed by atoms with Crippen LogP contribution in [-0.2, 0) is 0 Å². The highest BCUT2D eigenvalue weighted by molar-refractivity contribution is 5.93. The van der Waals surface area contributed by atoms with Gasteiger partial charge >= 0.3 is 6.18 Å². The summed E-state index contributed by atoms with van der Waals surface area (Å²) in [5.41, 5.74) is 0.630. The van der Waals surface area contributed by atoms with Gasteiger partial charge in [-0.2, -0.15) is 28.6 Å². The number of nitrogens with one attached hydrogen (secondary N) is 2. The van der Waals surface area contributed by atoms with Crippen LogP contribution in [0, 0.1) is 6.92 Å². The minimum absolute atomic E-state index is 0.0251. The number of rotatable bonds is 2. The number of amides is 1. The van der Waals surface area contributed by atoms with Gasteiger partial charge in [-0.05, 0) is 26.8 Å². The lowest BCUT2D eigenvalue weighted by molar-refractivity contribution is -0.188. The lowest BCUT2D eigenvalue weighted by atomic mass is 9.98. The summed E-state index contributed by atoms with van der Waals surface area (Å²) in [6, 6.07) is -1.76. The second kappa shape index (κ2) is 5.39. The minimum atomic E-state index is -4.23. The lowest BCUT2D eigenvalue weighted by Gasteiger charge is -2.38. The Morgan fingerprint density at radius 3 is 2.60 bits per heavy atom. The highest BCUT2D eigenvalue weighted by Gasteiger charge is 2.44. The van der Waals surface area contributed by atoms with E-state index in [1.165, 1.54) is 11.9 Å². The maximum absolute atomic E-state index is 12.7. The molecule has 2 heterocycles. The van der Waals surface area contributed by atoms with Crippen molar-refractivity contribution in [3.63, 3.8) is 0 Å². The van der Waals surface area contributed by atoms with Crippen molar-refractivity contribution in [1.29, 1.82) is 0 Å². The summed E-state index contributed by atoms with van der Waals surface area (Å²) in [5, 5.41) is 12.5. The molecule has 1 aromatic rings. The molecule has 1 fully saturated rings. The standard InChI is InChI=1S/C11H16F3N5O/c1-6-9(17-18-16-6)10(20)15-7-3-4-8(11(12,13)14)19(2)5-7/h7-8H,3-5H2,1-2H3,(H,15,20)(H,16,17,18). The summed E-state index contributed by atoms with van der Waals surface area (Å²) < 4.78 is 38.1. The molecule has 1 saturated heterocycles. The van der Waals surface area contributed by atoms with Crippen molar-refractivity contribution in [3.05, 3.63) is 11.4 Å². The van der Waals surface area contributed by atoms with E-state index in [4.69, 9.17) is 0 Å². The van der Waals surface area contributed by atoms with Gasteiger partial charge in [0.15, 0.2) is 5.69 Å². The first kappa shape index (κ1) is 14.8. The molecule has 9 heteroatoms. The van der Waals surface area contributed by atoms with E-state index in [9.17, 15) is 18.0 Å². The van der Waals surface area contributed by atoms with Gasteiger partial charge in [0, 0.05) is 12.6 Å². The molecule has 0 bridgehead atoms. The van der Waals surface area contributed by atoms with Crippen LogP contribution in [0.4, 0.5) is 13.2 Å². The first-order valence-electron chi connectivity index (χ1n) is 6.24. The Kier molecular flexibility index (Phi) is 3.98. The number of carbonyl (C=O) groups is 1.